The van der Waals surface area contributed by atoms with Crippen LogP contribution in [0.4, 0.5) is 5.82 Å². The average Bonchev–Trinajstić information content (AvgIpc) is 3.40. The molecule has 2 aromatic rings. The fraction of sp³-hybridized carbons (Fsp3) is 0.565. The normalized spacial score (nSPS) is 23.9. The Hall–Kier alpha value is -2.14. The van der Waals surface area contributed by atoms with Gasteiger partial charge in [-0.05, 0) is 41.4 Å². The van der Waals surface area contributed by atoms with Crippen molar-refractivity contribution >= 4 is 5.82 Å². The summed E-state index contributed by atoms with van der Waals surface area (Å²) in [5.41, 5.74) is 3.98. The molecule has 0 N–H and O–H groups in total. The minimum absolute atomic E-state index is 0.449. The van der Waals surface area contributed by atoms with Crippen LogP contribution >= 0.6 is 0 Å². The molecule has 0 saturated carbocycles. The molecule has 0 radical (unpaired) electrons. The Bertz CT molecular complexity index is 838. The van der Waals surface area contributed by atoms with E-state index in [1.807, 2.05) is 0 Å². The molecule has 0 spiro atoms. The van der Waals surface area contributed by atoms with Crippen LogP contribution in [0, 0.1) is 11.8 Å². The lowest BCUT2D eigenvalue weighted by atomic mass is 10.0. The van der Waals surface area contributed by atoms with E-state index in [1.54, 1.807) is 6.33 Å². The molecule has 3 aliphatic heterocycles. The van der Waals surface area contributed by atoms with Gasteiger partial charge in [0.2, 0.25) is 0 Å². The fourth-order valence-corrected chi connectivity index (χ4v) is 4.99. The van der Waals surface area contributed by atoms with Crippen molar-refractivity contribution in [2.75, 3.05) is 44.2 Å². The van der Waals surface area contributed by atoms with E-state index in [2.05, 4.69) is 57.9 Å². The van der Waals surface area contributed by atoms with Gasteiger partial charge in [0.25, 0.3) is 0 Å². The van der Waals surface area contributed by atoms with E-state index in [-0.39, 0.29) is 0 Å². The largest absolute Gasteiger partial charge is 0.493 e. The van der Waals surface area contributed by atoms with Gasteiger partial charge in [-0.3, -0.25) is 0 Å². The molecule has 2 fully saturated rings. The Morgan fingerprint density at radius 2 is 1.89 bits per heavy atom. The third-order valence-corrected chi connectivity index (χ3v) is 6.62. The van der Waals surface area contributed by atoms with Crippen molar-refractivity contribution in [1.82, 2.24) is 14.9 Å². The van der Waals surface area contributed by atoms with Crippen LogP contribution in [0.15, 0.2) is 30.6 Å². The lowest BCUT2D eigenvalue weighted by Crippen LogP contribution is -2.30. The summed E-state index contributed by atoms with van der Waals surface area (Å²) in [6.07, 6.45) is 3.93. The van der Waals surface area contributed by atoms with Gasteiger partial charge in [0.05, 0.1) is 6.61 Å². The Morgan fingerprint density at radius 1 is 1.07 bits per heavy atom. The van der Waals surface area contributed by atoms with Crippen molar-refractivity contribution in [3.63, 3.8) is 0 Å². The van der Waals surface area contributed by atoms with Gasteiger partial charge < -0.3 is 14.5 Å². The van der Waals surface area contributed by atoms with E-state index < -0.39 is 0 Å². The van der Waals surface area contributed by atoms with Gasteiger partial charge in [-0.15, -0.1) is 0 Å². The molecule has 4 heterocycles. The molecule has 5 rings (SSSR count). The van der Waals surface area contributed by atoms with Crippen molar-refractivity contribution in [2.24, 2.45) is 11.8 Å². The summed E-state index contributed by atoms with van der Waals surface area (Å²) in [6.45, 7) is 11.1. The smallest absolute Gasteiger partial charge is 0.132 e. The molecule has 0 aliphatic carbocycles. The van der Waals surface area contributed by atoms with Crippen LogP contribution in [0.1, 0.15) is 36.6 Å². The first-order chi connectivity index (χ1) is 13.7. The van der Waals surface area contributed by atoms with Crippen LogP contribution in [-0.2, 0) is 12.8 Å². The molecule has 148 valence electrons. The number of benzene rings is 1. The average molecular weight is 379 g/mol. The number of aromatic nitrogens is 2. The quantitative estimate of drug-likeness (QED) is 0.800. The SMILES string of the molecule is CC(C)c1cc(N2CC3CN(CCc4ccc5c(c4)CCO5)CC3C2)ncn1. The fourth-order valence-electron chi connectivity index (χ4n) is 4.99. The molecule has 0 bridgehead atoms. The first-order valence-corrected chi connectivity index (χ1v) is 10.7. The maximum Gasteiger partial charge on any atom is 0.132 e. The number of likely N-dealkylation sites (tertiary alicyclic amines) is 1. The molecule has 2 atom stereocenters. The number of rotatable bonds is 5. The highest BCUT2D eigenvalue weighted by atomic mass is 16.5. The van der Waals surface area contributed by atoms with Crippen LogP contribution in [0.2, 0.25) is 0 Å². The summed E-state index contributed by atoms with van der Waals surface area (Å²) in [4.78, 5) is 14.1. The maximum absolute atomic E-state index is 5.62. The second-order valence-corrected chi connectivity index (χ2v) is 8.93. The molecule has 1 aromatic heterocycles. The number of ether oxygens (including phenoxy) is 1. The van der Waals surface area contributed by atoms with E-state index in [0.29, 0.717) is 5.92 Å². The minimum atomic E-state index is 0.449. The predicted molar refractivity (Wildman–Crippen MR) is 111 cm³/mol. The third kappa shape index (κ3) is 3.48. The van der Waals surface area contributed by atoms with Crippen molar-refractivity contribution < 1.29 is 4.74 Å². The summed E-state index contributed by atoms with van der Waals surface area (Å²) in [5.74, 6) is 4.19. The standard InChI is InChI=1S/C23H30N4O/c1-16(2)21-10-23(25-15-24-21)27-13-19-11-26(12-20(19)14-27)7-5-17-3-4-22-18(9-17)6-8-28-22/h3-4,9-10,15-16,19-20H,5-8,11-14H2,1-2H3. The highest BCUT2D eigenvalue weighted by Crippen LogP contribution is 2.34. The molecule has 2 unspecified atom stereocenters. The molecule has 1 aromatic carbocycles. The van der Waals surface area contributed by atoms with E-state index in [0.717, 1.165) is 68.2 Å². The lowest BCUT2D eigenvalue weighted by Gasteiger charge is -2.22. The topological polar surface area (TPSA) is 41.5 Å². The van der Waals surface area contributed by atoms with Crippen LogP contribution in [0.3, 0.4) is 0 Å². The van der Waals surface area contributed by atoms with Crippen molar-refractivity contribution in [2.45, 2.75) is 32.6 Å². The van der Waals surface area contributed by atoms with Gasteiger partial charge in [-0.1, -0.05) is 26.0 Å². The first kappa shape index (κ1) is 17.9. The van der Waals surface area contributed by atoms with Gasteiger partial charge in [0.15, 0.2) is 0 Å². The van der Waals surface area contributed by atoms with Crippen molar-refractivity contribution in [1.29, 1.82) is 0 Å². The number of hydrogen-bond acceptors (Lipinski definition) is 5. The molecule has 3 aliphatic rings. The summed E-state index contributed by atoms with van der Waals surface area (Å²) in [7, 11) is 0. The maximum atomic E-state index is 5.62. The van der Waals surface area contributed by atoms with E-state index in [4.69, 9.17) is 4.74 Å². The molecule has 28 heavy (non-hydrogen) atoms. The number of hydrogen-bond donors (Lipinski definition) is 0. The molecule has 5 heteroatoms. The van der Waals surface area contributed by atoms with E-state index in [1.165, 1.54) is 24.2 Å². The van der Waals surface area contributed by atoms with Gasteiger partial charge in [-0.25, -0.2) is 9.97 Å². The molecular formula is C23H30N4O. The van der Waals surface area contributed by atoms with Crippen molar-refractivity contribution in [3.05, 3.63) is 47.4 Å². The zero-order chi connectivity index (χ0) is 19.1. The van der Waals surface area contributed by atoms with Crippen LogP contribution in [0.5, 0.6) is 5.75 Å². The Labute approximate surface area is 167 Å². The highest BCUT2D eigenvalue weighted by Gasteiger charge is 2.40. The summed E-state index contributed by atoms with van der Waals surface area (Å²) < 4.78 is 5.62. The van der Waals surface area contributed by atoms with Gasteiger partial charge in [0, 0.05) is 50.9 Å². The highest BCUT2D eigenvalue weighted by molar-refractivity contribution is 5.42. The molecule has 0 amide bonds. The van der Waals surface area contributed by atoms with Crippen LogP contribution in [0.25, 0.3) is 0 Å². The van der Waals surface area contributed by atoms with E-state index >= 15 is 0 Å². The van der Waals surface area contributed by atoms with Crippen LogP contribution in [-0.4, -0.2) is 54.2 Å². The number of anilines is 1. The first-order valence-electron chi connectivity index (χ1n) is 10.7. The molecule has 2 saturated heterocycles. The van der Waals surface area contributed by atoms with Gasteiger partial charge in [0.1, 0.15) is 17.9 Å². The predicted octanol–water partition coefficient (Wildman–Crippen LogP) is 3.15. The van der Waals surface area contributed by atoms with Gasteiger partial charge in [-0.2, -0.15) is 0 Å². The van der Waals surface area contributed by atoms with Gasteiger partial charge >= 0.3 is 0 Å². The number of fused-ring (bicyclic) bond motifs is 2. The zero-order valence-electron chi connectivity index (χ0n) is 17.0. The second-order valence-electron chi connectivity index (χ2n) is 8.93. The zero-order valence-corrected chi connectivity index (χ0v) is 17.0. The third-order valence-electron chi connectivity index (χ3n) is 6.62. The Balaban J connectivity index is 1.16. The minimum Gasteiger partial charge on any atom is -0.493 e. The number of nitrogens with zero attached hydrogens (tertiary/aromatic N) is 4. The monoisotopic (exact) mass is 378 g/mol. The Kier molecular flexibility index (Phi) is 4.71. The van der Waals surface area contributed by atoms with Crippen LogP contribution < -0.4 is 9.64 Å². The summed E-state index contributed by atoms with van der Waals surface area (Å²) in [5, 5.41) is 0. The van der Waals surface area contributed by atoms with Crippen molar-refractivity contribution in [3.8, 4) is 5.75 Å². The van der Waals surface area contributed by atoms with E-state index in [9.17, 15) is 0 Å². The molecule has 5 nitrogen and oxygen atoms in total. The Morgan fingerprint density at radius 3 is 2.68 bits per heavy atom. The molecular weight excluding hydrogens is 348 g/mol. The lowest BCUT2D eigenvalue weighted by molar-refractivity contribution is 0.320. The summed E-state index contributed by atoms with van der Waals surface area (Å²) in [6, 6.07) is 8.93. The summed E-state index contributed by atoms with van der Waals surface area (Å²) >= 11 is 0. The second kappa shape index (κ2) is 7.36.